The predicted molar refractivity (Wildman–Crippen MR) is 96.3 cm³/mol. The molecule has 132 valence electrons. The van der Waals surface area contributed by atoms with E-state index in [-0.39, 0.29) is 17.9 Å². The maximum atomic E-state index is 12.2. The largest absolute Gasteiger partial charge is 0.347 e. The molecule has 1 aliphatic heterocycles. The Labute approximate surface area is 148 Å². The molecule has 1 aromatic carbocycles. The number of carbonyl (C=O) groups excluding carboxylic acids is 2. The molecule has 24 heavy (non-hydrogen) atoms. The first kappa shape index (κ1) is 18.7. The predicted octanol–water partition coefficient (Wildman–Crippen LogP) is 1.37. The molecule has 0 aromatic heterocycles. The molecule has 0 radical (unpaired) electrons. The molecule has 1 fully saturated rings. The summed E-state index contributed by atoms with van der Waals surface area (Å²) in [7, 11) is 3.54. The molecule has 1 aliphatic rings. The Morgan fingerprint density at radius 2 is 1.83 bits per heavy atom. The molecule has 6 nitrogen and oxygen atoms in total. The van der Waals surface area contributed by atoms with E-state index in [0.29, 0.717) is 17.3 Å². The van der Waals surface area contributed by atoms with Gasteiger partial charge in [-0.3, -0.25) is 19.4 Å². The van der Waals surface area contributed by atoms with Crippen LogP contribution in [0.5, 0.6) is 0 Å². The summed E-state index contributed by atoms with van der Waals surface area (Å²) in [5.41, 5.74) is 0.632. The minimum Gasteiger partial charge on any atom is -0.347 e. The Kier molecular flexibility index (Phi) is 6.60. The van der Waals surface area contributed by atoms with Crippen molar-refractivity contribution in [2.75, 3.05) is 52.1 Å². The molecular formula is C17H25ClN4O2. The number of benzene rings is 1. The lowest BCUT2D eigenvalue weighted by atomic mass is 10.2. The summed E-state index contributed by atoms with van der Waals surface area (Å²) in [5, 5.41) is 3.37. The number of piperazine rings is 1. The molecule has 0 aliphatic carbocycles. The highest BCUT2D eigenvalue weighted by Crippen LogP contribution is 2.20. The molecule has 0 unspecified atom stereocenters. The average molecular weight is 353 g/mol. The van der Waals surface area contributed by atoms with Gasteiger partial charge in [0, 0.05) is 40.3 Å². The molecule has 2 amide bonds. The summed E-state index contributed by atoms with van der Waals surface area (Å²) >= 11 is 6.05. The average Bonchev–Trinajstić information content (AvgIpc) is 2.56. The summed E-state index contributed by atoms with van der Waals surface area (Å²) < 4.78 is 0. The third-order valence-electron chi connectivity index (χ3n) is 4.27. The van der Waals surface area contributed by atoms with Crippen LogP contribution < -0.4 is 5.32 Å². The Morgan fingerprint density at radius 1 is 1.21 bits per heavy atom. The van der Waals surface area contributed by atoms with E-state index in [1.54, 1.807) is 31.1 Å². The zero-order valence-corrected chi connectivity index (χ0v) is 15.2. The lowest BCUT2D eigenvalue weighted by Crippen LogP contribution is -2.54. The van der Waals surface area contributed by atoms with Gasteiger partial charge >= 0.3 is 0 Å². The fourth-order valence-corrected chi connectivity index (χ4v) is 2.98. The van der Waals surface area contributed by atoms with Gasteiger partial charge in [0.2, 0.25) is 11.8 Å². The Bertz CT molecular complexity index is 586. The number of rotatable bonds is 5. The Hall–Kier alpha value is -1.63. The summed E-state index contributed by atoms with van der Waals surface area (Å²) in [5.74, 6) is 0.0360. The summed E-state index contributed by atoms with van der Waals surface area (Å²) in [6, 6.07) is 7.07. The fraction of sp³-hybridized carbons (Fsp3) is 0.529. The zero-order chi connectivity index (χ0) is 17.7. The van der Waals surface area contributed by atoms with Crippen LogP contribution in [0.1, 0.15) is 6.92 Å². The van der Waals surface area contributed by atoms with Crippen LogP contribution in [0.25, 0.3) is 0 Å². The minimum absolute atomic E-state index is 0.0750. The first-order valence-electron chi connectivity index (χ1n) is 8.10. The van der Waals surface area contributed by atoms with Crippen molar-refractivity contribution in [1.29, 1.82) is 0 Å². The lowest BCUT2D eigenvalue weighted by Gasteiger charge is -2.37. The van der Waals surface area contributed by atoms with Gasteiger partial charge in [0.05, 0.1) is 23.3 Å². The van der Waals surface area contributed by atoms with Crippen LogP contribution in [0.15, 0.2) is 24.3 Å². The van der Waals surface area contributed by atoms with Crippen LogP contribution in [0.3, 0.4) is 0 Å². The van der Waals surface area contributed by atoms with Gasteiger partial charge in [0.25, 0.3) is 0 Å². The van der Waals surface area contributed by atoms with Gasteiger partial charge in [-0.05, 0) is 19.1 Å². The second-order valence-electron chi connectivity index (χ2n) is 6.25. The van der Waals surface area contributed by atoms with Crippen molar-refractivity contribution in [1.82, 2.24) is 14.7 Å². The maximum absolute atomic E-state index is 12.2. The maximum Gasteiger partial charge on any atom is 0.239 e. The van der Waals surface area contributed by atoms with Crippen molar-refractivity contribution in [3.63, 3.8) is 0 Å². The van der Waals surface area contributed by atoms with Crippen molar-refractivity contribution in [3.05, 3.63) is 29.3 Å². The minimum atomic E-state index is -0.126. The summed E-state index contributed by atoms with van der Waals surface area (Å²) in [6.07, 6.45) is 0. The number of para-hydroxylation sites is 1. The number of nitrogens with one attached hydrogen (secondary N) is 1. The molecule has 1 aromatic rings. The number of carbonyl (C=O) groups is 2. The number of nitrogens with zero attached hydrogens (tertiary/aromatic N) is 3. The molecule has 7 heteroatoms. The van der Waals surface area contributed by atoms with Gasteiger partial charge in [-0.1, -0.05) is 23.7 Å². The van der Waals surface area contributed by atoms with E-state index < -0.39 is 0 Å². The van der Waals surface area contributed by atoms with E-state index in [4.69, 9.17) is 11.6 Å². The number of hydrogen-bond acceptors (Lipinski definition) is 4. The van der Waals surface area contributed by atoms with E-state index in [9.17, 15) is 9.59 Å². The van der Waals surface area contributed by atoms with Crippen LogP contribution in [-0.2, 0) is 9.59 Å². The third kappa shape index (κ3) is 4.93. The second kappa shape index (κ2) is 8.46. The van der Waals surface area contributed by atoms with E-state index in [0.717, 1.165) is 26.2 Å². The van der Waals surface area contributed by atoms with Gasteiger partial charge in [-0.25, -0.2) is 0 Å². The standard InChI is InChI=1S/C17H25ClN4O2/c1-13(17(24)20(2)3)22-10-8-21(9-11-22)12-16(23)19-15-7-5-4-6-14(15)18/h4-7,13H,8-12H2,1-3H3,(H,19,23)/t13-/m1/s1. The van der Waals surface area contributed by atoms with Gasteiger partial charge in [-0.15, -0.1) is 0 Å². The van der Waals surface area contributed by atoms with Gasteiger partial charge < -0.3 is 10.2 Å². The second-order valence-corrected chi connectivity index (χ2v) is 6.66. The van der Waals surface area contributed by atoms with Crippen LogP contribution in [0.2, 0.25) is 5.02 Å². The molecule has 1 heterocycles. The highest BCUT2D eigenvalue weighted by molar-refractivity contribution is 6.33. The van der Waals surface area contributed by atoms with E-state index in [2.05, 4.69) is 15.1 Å². The van der Waals surface area contributed by atoms with Crippen molar-refractivity contribution in [3.8, 4) is 0 Å². The van der Waals surface area contributed by atoms with Gasteiger partial charge in [-0.2, -0.15) is 0 Å². The van der Waals surface area contributed by atoms with E-state index in [1.165, 1.54) is 0 Å². The SMILES string of the molecule is C[C@H](C(=O)N(C)C)N1CCN(CC(=O)Nc2ccccc2Cl)CC1. The van der Waals surface area contributed by atoms with E-state index >= 15 is 0 Å². The van der Waals surface area contributed by atoms with Crippen molar-refractivity contribution >= 4 is 29.1 Å². The van der Waals surface area contributed by atoms with Crippen LogP contribution in [-0.4, -0.2) is 79.4 Å². The number of amides is 2. The first-order chi connectivity index (χ1) is 11.4. The topological polar surface area (TPSA) is 55.9 Å². The lowest BCUT2D eigenvalue weighted by molar-refractivity contribution is -0.134. The molecule has 0 spiro atoms. The number of likely N-dealkylation sites (N-methyl/N-ethyl adjacent to an activating group) is 1. The van der Waals surface area contributed by atoms with Crippen LogP contribution >= 0.6 is 11.6 Å². The smallest absolute Gasteiger partial charge is 0.239 e. The Balaban J connectivity index is 1.79. The van der Waals surface area contributed by atoms with Crippen LogP contribution in [0, 0.1) is 0 Å². The monoisotopic (exact) mass is 352 g/mol. The molecule has 0 saturated carbocycles. The van der Waals surface area contributed by atoms with Gasteiger partial charge in [0.1, 0.15) is 0 Å². The summed E-state index contributed by atoms with van der Waals surface area (Å²) in [4.78, 5) is 30.1. The molecule has 1 atom stereocenters. The fourth-order valence-electron chi connectivity index (χ4n) is 2.79. The van der Waals surface area contributed by atoms with Crippen molar-refractivity contribution in [2.24, 2.45) is 0 Å². The molecule has 0 bridgehead atoms. The first-order valence-corrected chi connectivity index (χ1v) is 8.48. The van der Waals surface area contributed by atoms with Crippen molar-refractivity contribution in [2.45, 2.75) is 13.0 Å². The quantitative estimate of drug-likeness (QED) is 0.869. The normalized spacial score (nSPS) is 17.3. The molecule has 1 saturated heterocycles. The van der Waals surface area contributed by atoms with E-state index in [1.807, 2.05) is 19.1 Å². The highest BCUT2D eigenvalue weighted by Gasteiger charge is 2.27. The molecule has 1 N–H and O–H groups in total. The third-order valence-corrected chi connectivity index (χ3v) is 4.60. The molecular weight excluding hydrogens is 328 g/mol. The summed E-state index contributed by atoms with van der Waals surface area (Å²) in [6.45, 7) is 5.35. The molecule has 2 rings (SSSR count). The number of hydrogen-bond donors (Lipinski definition) is 1. The van der Waals surface area contributed by atoms with Gasteiger partial charge in [0.15, 0.2) is 0 Å². The van der Waals surface area contributed by atoms with Crippen molar-refractivity contribution < 1.29 is 9.59 Å². The number of halogens is 1. The highest BCUT2D eigenvalue weighted by atomic mass is 35.5. The van der Waals surface area contributed by atoms with Crippen LogP contribution in [0.4, 0.5) is 5.69 Å². The zero-order valence-electron chi connectivity index (χ0n) is 14.5. The Morgan fingerprint density at radius 3 is 2.42 bits per heavy atom. The number of anilines is 1.